The van der Waals surface area contributed by atoms with E-state index in [1.807, 2.05) is 0 Å². The number of nitrogens with zero attached hydrogens (tertiary/aromatic N) is 3. The quantitative estimate of drug-likeness (QED) is 0.888. The van der Waals surface area contributed by atoms with E-state index < -0.39 is 0 Å². The summed E-state index contributed by atoms with van der Waals surface area (Å²) in [6, 6.07) is 10.7. The van der Waals surface area contributed by atoms with Crippen molar-refractivity contribution < 1.29 is 5.11 Å². The van der Waals surface area contributed by atoms with Gasteiger partial charge in [-0.05, 0) is 44.0 Å². The van der Waals surface area contributed by atoms with Crippen LogP contribution in [0.3, 0.4) is 0 Å². The summed E-state index contributed by atoms with van der Waals surface area (Å²) in [6.07, 6.45) is 1.26. The second-order valence-electron chi connectivity index (χ2n) is 7.34. The predicted octanol–water partition coefficient (Wildman–Crippen LogP) is 1.36. The van der Waals surface area contributed by atoms with Crippen molar-refractivity contribution in [1.29, 1.82) is 0 Å². The molecule has 4 heteroatoms. The van der Waals surface area contributed by atoms with Crippen LogP contribution in [0.4, 0.5) is 0 Å². The van der Waals surface area contributed by atoms with E-state index in [-0.39, 0.29) is 0 Å². The molecule has 2 aliphatic rings. The molecule has 2 saturated heterocycles. The Morgan fingerprint density at radius 3 is 2.52 bits per heavy atom. The Labute approximate surface area is 140 Å². The third-order valence-corrected chi connectivity index (χ3v) is 5.44. The summed E-state index contributed by atoms with van der Waals surface area (Å²) < 4.78 is 0. The summed E-state index contributed by atoms with van der Waals surface area (Å²) in [5.74, 6) is 1.03. The fourth-order valence-electron chi connectivity index (χ4n) is 4.03. The lowest BCUT2D eigenvalue weighted by molar-refractivity contribution is 0.165. The molecule has 4 nitrogen and oxygen atoms in total. The first-order valence-corrected chi connectivity index (χ1v) is 9.02. The minimum absolute atomic E-state index is 0.323. The molecule has 1 aromatic rings. The lowest BCUT2D eigenvalue weighted by Crippen LogP contribution is -2.36. The maximum Gasteiger partial charge on any atom is 0.0475 e. The van der Waals surface area contributed by atoms with E-state index in [4.69, 9.17) is 0 Å². The highest BCUT2D eigenvalue weighted by Gasteiger charge is 2.33. The van der Waals surface area contributed by atoms with Gasteiger partial charge in [-0.3, -0.25) is 4.90 Å². The molecule has 2 heterocycles. The van der Waals surface area contributed by atoms with Crippen molar-refractivity contribution in [1.82, 2.24) is 14.7 Å². The molecule has 0 amide bonds. The summed E-state index contributed by atoms with van der Waals surface area (Å²) >= 11 is 0. The van der Waals surface area contributed by atoms with E-state index in [1.54, 1.807) is 0 Å². The fraction of sp³-hybridized carbons (Fsp3) is 0.684. The first kappa shape index (κ1) is 16.9. The largest absolute Gasteiger partial charge is 0.396 e. The van der Waals surface area contributed by atoms with Gasteiger partial charge in [-0.1, -0.05) is 30.3 Å². The normalized spacial score (nSPS) is 28.1. The van der Waals surface area contributed by atoms with Crippen LogP contribution in [0, 0.1) is 11.8 Å². The Balaban J connectivity index is 1.54. The predicted molar refractivity (Wildman–Crippen MR) is 94.3 cm³/mol. The molecule has 1 N–H and O–H groups in total. The molecule has 3 rings (SSSR count). The van der Waals surface area contributed by atoms with Gasteiger partial charge < -0.3 is 14.9 Å². The Morgan fingerprint density at radius 1 is 0.957 bits per heavy atom. The second kappa shape index (κ2) is 8.25. The van der Waals surface area contributed by atoms with Gasteiger partial charge in [0.25, 0.3) is 0 Å². The third kappa shape index (κ3) is 4.77. The zero-order valence-corrected chi connectivity index (χ0v) is 14.4. The van der Waals surface area contributed by atoms with E-state index in [0.29, 0.717) is 18.4 Å². The van der Waals surface area contributed by atoms with Crippen LogP contribution in [-0.4, -0.2) is 79.3 Å². The van der Waals surface area contributed by atoms with Gasteiger partial charge in [-0.2, -0.15) is 0 Å². The SMILES string of the molecule is CN1CCCN(C[C@@H]2CN(Cc3ccccc3)C[C@@H]2CO)CC1. The first-order valence-electron chi connectivity index (χ1n) is 9.02. The molecular weight excluding hydrogens is 286 g/mol. The summed E-state index contributed by atoms with van der Waals surface area (Å²) in [4.78, 5) is 7.56. The fourth-order valence-corrected chi connectivity index (χ4v) is 4.03. The Morgan fingerprint density at radius 2 is 1.74 bits per heavy atom. The van der Waals surface area contributed by atoms with Crippen molar-refractivity contribution in [3.8, 4) is 0 Å². The molecule has 0 radical (unpaired) electrons. The van der Waals surface area contributed by atoms with Crippen molar-refractivity contribution in [3.05, 3.63) is 35.9 Å². The van der Waals surface area contributed by atoms with Crippen molar-refractivity contribution in [2.45, 2.75) is 13.0 Å². The van der Waals surface area contributed by atoms with Crippen molar-refractivity contribution in [2.24, 2.45) is 11.8 Å². The van der Waals surface area contributed by atoms with Gasteiger partial charge in [0, 0.05) is 45.9 Å². The van der Waals surface area contributed by atoms with Crippen LogP contribution in [-0.2, 0) is 6.54 Å². The van der Waals surface area contributed by atoms with Gasteiger partial charge in [0.2, 0.25) is 0 Å². The Hall–Kier alpha value is -0.940. The van der Waals surface area contributed by atoms with E-state index >= 15 is 0 Å². The van der Waals surface area contributed by atoms with E-state index in [0.717, 1.165) is 26.2 Å². The average molecular weight is 317 g/mol. The van der Waals surface area contributed by atoms with Crippen LogP contribution in [0.2, 0.25) is 0 Å². The third-order valence-electron chi connectivity index (χ3n) is 5.44. The molecule has 0 aliphatic carbocycles. The number of benzene rings is 1. The lowest BCUT2D eigenvalue weighted by Gasteiger charge is -2.26. The minimum atomic E-state index is 0.323. The molecular formula is C19H31N3O. The lowest BCUT2D eigenvalue weighted by atomic mass is 9.96. The van der Waals surface area contributed by atoms with Crippen LogP contribution in [0.1, 0.15) is 12.0 Å². The van der Waals surface area contributed by atoms with Crippen LogP contribution >= 0.6 is 0 Å². The molecule has 0 aromatic heterocycles. The van der Waals surface area contributed by atoms with Crippen molar-refractivity contribution in [2.75, 3.05) is 59.5 Å². The average Bonchev–Trinajstić information content (AvgIpc) is 2.82. The molecule has 23 heavy (non-hydrogen) atoms. The number of aliphatic hydroxyl groups excluding tert-OH is 1. The smallest absolute Gasteiger partial charge is 0.0475 e. The second-order valence-corrected chi connectivity index (χ2v) is 7.34. The van der Waals surface area contributed by atoms with Gasteiger partial charge in [-0.15, -0.1) is 0 Å². The maximum absolute atomic E-state index is 9.79. The molecule has 0 spiro atoms. The molecule has 128 valence electrons. The summed E-state index contributed by atoms with van der Waals surface area (Å²) in [7, 11) is 2.22. The minimum Gasteiger partial charge on any atom is -0.396 e. The summed E-state index contributed by atoms with van der Waals surface area (Å²) in [5, 5.41) is 9.79. The van der Waals surface area contributed by atoms with Crippen LogP contribution in [0.25, 0.3) is 0 Å². The zero-order chi connectivity index (χ0) is 16.1. The standard InChI is InChI=1S/C19H31N3O/c1-20-8-5-9-21(11-10-20)13-18-14-22(15-19(18)16-23)12-17-6-3-2-4-7-17/h2-4,6-7,18-19,23H,5,8-16H2,1H3/t18-,19-/m1/s1. The number of likely N-dealkylation sites (tertiary alicyclic amines) is 1. The first-order chi connectivity index (χ1) is 11.2. The van der Waals surface area contributed by atoms with E-state index in [1.165, 1.54) is 38.2 Å². The van der Waals surface area contributed by atoms with Gasteiger partial charge in [0.15, 0.2) is 0 Å². The number of aliphatic hydroxyl groups is 1. The molecule has 2 fully saturated rings. The Kier molecular flexibility index (Phi) is 6.06. The van der Waals surface area contributed by atoms with Crippen molar-refractivity contribution in [3.63, 3.8) is 0 Å². The van der Waals surface area contributed by atoms with Gasteiger partial charge in [0.05, 0.1) is 0 Å². The highest BCUT2D eigenvalue weighted by Crippen LogP contribution is 2.26. The van der Waals surface area contributed by atoms with Gasteiger partial charge in [-0.25, -0.2) is 0 Å². The van der Waals surface area contributed by atoms with Gasteiger partial charge in [0.1, 0.15) is 0 Å². The van der Waals surface area contributed by atoms with Crippen LogP contribution < -0.4 is 0 Å². The molecule has 0 unspecified atom stereocenters. The molecule has 2 atom stereocenters. The summed E-state index contributed by atoms with van der Waals surface area (Å²) in [5.41, 5.74) is 1.38. The Bertz CT molecular complexity index is 467. The highest BCUT2D eigenvalue weighted by atomic mass is 16.3. The summed E-state index contributed by atoms with van der Waals surface area (Å²) in [6.45, 7) is 9.39. The number of hydrogen-bond acceptors (Lipinski definition) is 4. The molecule has 1 aromatic carbocycles. The van der Waals surface area contributed by atoms with E-state index in [2.05, 4.69) is 52.1 Å². The highest BCUT2D eigenvalue weighted by molar-refractivity contribution is 5.14. The van der Waals surface area contributed by atoms with Gasteiger partial charge >= 0.3 is 0 Å². The molecule has 0 bridgehead atoms. The number of rotatable bonds is 5. The van der Waals surface area contributed by atoms with Crippen molar-refractivity contribution >= 4 is 0 Å². The number of likely N-dealkylation sites (N-methyl/N-ethyl adjacent to an activating group) is 1. The maximum atomic E-state index is 9.79. The monoisotopic (exact) mass is 317 g/mol. The van der Waals surface area contributed by atoms with Crippen LogP contribution in [0.5, 0.6) is 0 Å². The topological polar surface area (TPSA) is 30.0 Å². The van der Waals surface area contributed by atoms with Crippen LogP contribution in [0.15, 0.2) is 30.3 Å². The zero-order valence-electron chi connectivity index (χ0n) is 14.4. The number of hydrogen-bond donors (Lipinski definition) is 1. The van der Waals surface area contributed by atoms with E-state index in [9.17, 15) is 5.11 Å². The molecule has 0 saturated carbocycles. The molecule has 2 aliphatic heterocycles.